The molecule has 2 heterocycles. The maximum absolute atomic E-state index is 5.45. The van der Waals surface area contributed by atoms with E-state index in [1.807, 2.05) is 20.8 Å². The fourth-order valence-electron chi connectivity index (χ4n) is 1.77. The van der Waals surface area contributed by atoms with Crippen molar-refractivity contribution in [1.82, 2.24) is 19.7 Å². The van der Waals surface area contributed by atoms with Crippen molar-refractivity contribution in [2.75, 3.05) is 12.0 Å². The zero-order valence-corrected chi connectivity index (χ0v) is 13.2. The Kier molecular flexibility index (Phi) is 4.69. The average Bonchev–Trinajstić information content (AvgIpc) is 2.72. The van der Waals surface area contributed by atoms with Gasteiger partial charge in [-0.25, -0.2) is 20.5 Å². The van der Waals surface area contributed by atoms with Crippen LogP contribution in [0.25, 0.3) is 5.82 Å². The first kappa shape index (κ1) is 14.9. The first-order chi connectivity index (χ1) is 9.56. The molecule has 0 amide bonds. The summed E-state index contributed by atoms with van der Waals surface area (Å²) in [4.78, 5) is 8.70. The molecule has 2 rings (SSSR count). The van der Waals surface area contributed by atoms with Crippen LogP contribution >= 0.6 is 15.9 Å². The lowest BCUT2D eigenvalue weighted by Crippen LogP contribution is -2.14. The summed E-state index contributed by atoms with van der Waals surface area (Å²) in [5, 5.41) is 4.45. The maximum atomic E-state index is 5.45. The van der Waals surface area contributed by atoms with Gasteiger partial charge < -0.3 is 10.2 Å². The summed E-state index contributed by atoms with van der Waals surface area (Å²) in [7, 11) is 0. The summed E-state index contributed by atoms with van der Waals surface area (Å²) >= 11 is 3.50. The van der Waals surface area contributed by atoms with Crippen molar-refractivity contribution in [3.8, 4) is 5.82 Å². The molecule has 0 aromatic carbocycles. The predicted molar refractivity (Wildman–Crippen MR) is 79.5 cm³/mol. The number of hydrazine groups is 1. The number of rotatable bonds is 5. The van der Waals surface area contributed by atoms with Gasteiger partial charge in [-0.1, -0.05) is 0 Å². The van der Waals surface area contributed by atoms with Crippen molar-refractivity contribution in [2.45, 2.75) is 27.4 Å². The van der Waals surface area contributed by atoms with Gasteiger partial charge in [0, 0.05) is 12.7 Å². The number of nitrogens with zero attached hydrogens (tertiary/aromatic N) is 4. The summed E-state index contributed by atoms with van der Waals surface area (Å²) in [6.07, 6.45) is 0. The number of aromatic nitrogens is 4. The average molecular weight is 341 g/mol. The third kappa shape index (κ3) is 2.97. The van der Waals surface area contributed by atoms with Crippen molar-refractivity contribution < 1.29 is 4.74 Å². The lowest BCUT2D eigenvalue weighted by atomic mass is 10.4. The van der Waals surface area contributed by atoms with Crippen LogP contribution in [0.2, 0.25) is 0 Å². The molecular weight excluding hydrogens is 324 g/mol. The topological polar surface area (TPSA) is 90.9 Å². The summed E-state index contributed by atoms with van der Waals surface area (Å²) in [6, 6.07) is 1.74. The molecule has 8 heteroatoms. The van der Waals surface area contributed by atoms with E-state index in [1.54, 1.807) is 10.7 Å². The normalized spacial score (nSPS) is 10.8. The van der Waals surface area contributed by atoms with Crippen molar-refractivity contribution in [3.63, 3.8) is 0 Å². The molecule has 0 aliphatic heterocycles. The number of hydrogen-bond donors (Lipinski definition) is 2. The van der Waals surface area contributed by atoms with Crippen molar-refractivity contribution >= 4 is 21.7 Å². The van der Waals surface area contributed by atoms with Crippen LogP contribution in [0.5, 0.6) is 0 Å². The van der Waals surface area contributed by atoms with E-state index in [0.717, 1.165) is 15.9 Å². The molecule has 0 fully saturated rings. The number of nitrogen functional groups attached to an aromatic ring is 1. The van der Waals surface area contributed by atoms with Gasteiger partial charge in [-0.2, -0.15) is 5.10 Å². The fraction of sp³-hybridized carbons (Fsp3) is 0.417. The number of aryl methyl sites for hydroxylation is 1. The Balaban J connectivity index is 2.46. The number of anilines is 1. The van der Waals surface area contributed by atoms with E-state index in [4.69, 9.17) is 10.6 Å². The summed E-state index contributed by atoms with van der Waals surface area (Å²) in [5.41, 5.74) is 4.40. The molecule has 3 N–H and O–H groups in total. The van der Waals surface area contributed by atoms with Gasteiger partial charge in [-0.3, -0.25) is 0 Å². The van der Waals surface area contributed by atoms with Crippen LogP contribution in [-0.2, 0) is 11.3 Å². The predicted octanol–water partition coefficient (Wildman–Crippen LogP) is 1.86. The van der Waals surface area contributed by atoms with Gasteiger partial charge in [0.05, 0.1) is 15.9 Å². The number of nitrogens with two attached hydrogens (primary N) is 1. The van der Waals surface area contributed by atoms with Crippen molar-refractivity contribution in [3.05, 3.63) is 27.8 Å². The molecule has 0 spiro atoms. The monoisotopic (exact) mass is 340 g/mol. The molecule has 0 bridgehead atoms. The Hall–Kier alpha value is -1.51. The minimum atomic E-state index is 0.333. The molecule has 7 nitrogen and oxygen atoms in total. The second-order valence-electron chi connectivity index (χ2n) is 4.21. The van der Waals surface area contributed by atoms with E-state index < -0.39 is 0 Å². The summed E-state index contributed by atoms with van der Waals surface area (Å²) in [5.74, 6) is 7.17. The van der Waals surface area contributed by atoms with Gasteiger partial charge in [0.25, 0.3) is 0 Å². The van der Waals surface area contributed by atoms with E-state index >= 15 is 0 Å². The Labute approximate surface area is 125 Å². The highest BCUT2D eigenvalue weighted by atomic mass is 79.9. The van der Waals surface area contributed by atoms with Gasteiger partial charge in [-0.15, -0.1) is 0 Å². The number of ether oxygens (including phenoxy) is 1. The van der Waals surface area contributed by atoms with Crippen LogP contribution in [0.3, 0.4) is 0 Å². The zero-order chi connectivity index (χ0) is 14.7. The molecule has 20 heavy (non-hydrogen) atoms. The highest BCUT2D eigenvalue weighted by molar-refractivity contribution is 9.10. The van der Waals surface area contributed by atoms with Gasteiger partial charge in [-0.05, 0) is 36.7 Å². The van der Waals surface area contributed by atoms with Gasteiger partial charge in [0.2, 0.25) is 0 Å². The number of halogens is 1. The Bertz CT molecular complexity index is 612. The summed E-state index contributed by atoms with van der Waals surface area (Å²) in [6.45, 7) is 6.75. The van der Waals surface area contributed by atoms with Crippen LogP contribution in [0.1, 0.15) is 24.1 Å². The molecule has 0 saturated heterocycles. The highest BCUT2D eigenvalue weighted by Gasteiger charge is 2.13. The number of nitrogens with one attached hydrogen (secondary N) is 1. The second-order valence-corrected chi connectivity index (χ2v) is 5.00. The Morgan fingerprint density at radius 3 is 2.70 bits per heavy atom. The smallest absolute Gasteiger partial charge is 0.159 e. The van der Waals surface area contributed by atoms with Crippen LogP contribution in [0.15, 0.2) is 10.5 Å². The van der Waals surface area contributed by atoms with Crippen LogP contribution in [-0.4, -0.2) is 26.4 Å². The maximum Gasteiger partial charge on any atom is 0.159 e. The Morgan fingerprint density at radius 1 is 1.40 bits per heavy atom. The lowest BCUT2D eigenvalue weighted by molar-refractivity contribution is 0.128. The van der Waals surface area contributed by atoms with E-state index in [1.165, 1.54) is 0 Å². The SMILES string of the molecule is CCOCc1nc(NN)cc(-n2nc(C)c(Br)c2C)n1. The largest absolute Gasteiger partial charge is 0.374 e. The van der Waals surface area contributed by atoms with Crippen molar-refractivity contribution in [2.24, 2.45) is 5.84 Å². The molecule has 0 aliphatic rings. The zero-order valence-electron chi connectivity index (χ0n) is 11.6. The van der Waals surface area contributed by atoms with Crippen LogP contribution in [0, 0.1) is 13.8 Å². The standard InChI is InChI=1S/C12H17BrN6O/c1-4-20-6-10-15-9(17-14)5-11(16-10)19-8(3)12(13)7(2)18-19/h5H,4,6,14H2,1-3H3,(H,15,16,17). The van der Waals surface area contributed by atoms with E-state index in [9.17, 15) is 0 Å². The minimum Gasteiger partial charge on any atom is -0.374 e. The molecule has 2 aromatic rings. The number of hydrogen-bond acceptors (Lipinski definition) is 6. The van der Waals surface area contributed by atoms with Crippen LogP contribution < -0.4 is 11.3 Å². The molecule has 108 valence electrons. The quantitative estimate of drug-likeness (QED) is 0.637. The van der Waals surface area contributed by atoms with E-state index in [2.05, 4.69) is 36.4 Å². The van der Waals surface area contributed by atoms with Gasteiger partial charge in [0.1, 0.15) is 12.4 Å². The molecule has 0 saturated carbocycles. The minimum absolute atomic E-state index is 0.333. The van der Waals surface area contributed by atoms with Crippen LogP contribution in [0.4, 0.5) is 5.82 Å². The van der Waals surface area contributed by atoms with E-state index in [-0.39, 0.29) is 0 Å². The second kappa shape index (κ2) is 6.29. The molecule has 2 aromatic heterocycles. The Morgan fingerprint density at radius 2 is 2.15 bits per heavy atom. The first-order valence-electron chi connectivity index (χ1n) is 6.21. The molecule has 0 atom stereocenters. The van der Waals surface area contributed by atoms with E-state index in [0.29, 0.717) is 30.7 Å². The molecule has 0 unspecified atom stereocenters. The fourth-order valence-corrected chi connectivity index (χ4v) is 2.02. The lowest BCUT2D eigenvalue weighted by Gasteiger charge is -2.09. The third-order valence-electron chi connectivity index (χ3n) is 2.76. The highest BCUT2D eigenvalue weighted by Crippen LogP contribution is 2.23. The summed E-state index contributed by atoms with van der Waals surface area (Å²) < 4.78 is 8.05. The molecule has 0 radical (unpaired) electrons. The van der Waals surface area contributed by atoms with Crippen molar-refractivity contribution in [1.29, 1.82) is 0 Å². The van der Waals surface area contributed by atoms with Gasteiger partial charge in [0.15, 0.2) is 11.6 Å². The third-order valence-corrected chi connectivity index (χ3v) is 3.91. The van der Waals surface area contributed by atoms with Gasteiger partial charge >= 0.3 is 0 Å². The first-order valence-corrected chi connectivity index (χ1v) is 7.00. The molecule has 0 aliphatic carbocycles. The molecular formula is C12H17BrN6O.